The van der Waals surface area contributed by atoms with Crippen molar-refractivity contribution in [2.24, 2.45) is 11.8 Å². The summed E-state index contributed by atoms with van der Waals surface area (Å²) in [6.07, 6.45) is 5.75. The van der Waals surface area contributed by atoms with E-state index in [1.807, 2.05) is 7.05 Å². The number of nitrogens with one attached hydrogen (secondary N) is 1. The standard InChI is InChI=1S/C13H27NO2S/c1-4-17(15,16)10-6-9-13(14-3)12-8-5-7-11(12)2/h11-14H,4-10H2,1-3H3. The Balaban J connectivity index is 2.37. The summed E-state index contributed by atoms with van der Waals surface area (Å²) < 4.78 is 22.9. The van der Waals surface area contributed by atoms with Crippen LogP contribution < -0.4 is 5.32 Å². The maximum absolute atomic E-state index is 11.4. The topological polar surface area (TPSA) is 46.2 Å². The zero-order valence-corrected chi connectivity index (χ0v) is 12.2. The van der Waals surface area contributed by atoms with E-state index in [1.165, 1.54) is 19.3 Å². The highest BCUT2D eigenvalue weighted by molar-refractivity contribution is 7.91. The SMILES string of the molecule is CCS(=O)(=O)CCCC(NC)C1CCCC1C. The molecule has 0 aromatic heterocycles. The molecule has 0 radical (unpaired) electrons. The van der Waals surface area contributed by atoms with Gasteiger partial charge in [-0.05, 0) is 38.1 Å². The summed E-state index contributed by atoms with van der Waals surface area (Å²) >= 11 is 0. The predicted molar refractivity (Wildman–Crippen MR) is 72.9 cm³/mol. The van der Waals surface area contributed by atoms with Gasteiger partial charge in [0, 0.05) is 11.8 Å². The molecular formula is C13H27NO2S. The molecule has 0 saturated heterocycles. The van der Waals surface area contributed by atoms with Gasteiger partial charge in [-0.15, -0.1) is 0 Å². The molecule has 0 heterocycles. The third-order valence-electron chi connectivity index (χ3n) is 4.23. The largest absolute Gasteiger partial charge is 0.317 e. The Bertz CT molecular complexity index is 313. The minimum Gasteiger partial charge on any atom is -0.317 e. The minimum atomic E-state index is -2.79. The molecule has 3 atom stereocenters. The fourth-order valence-electron chi connectivity index (χ4n) is 3.01. The molecular weight excluding hydrogens is 234 g/mol. The highest BCUT2D eigenvalue weighted by atomic mass is 32.2. The van der Waals surface area contributed by atoms with E-state index in [-0.39, 0.29) is 5.75 Å². The summed E-state index contributed by atoms with van der Waals surface area (Å²) in [7, 11) is -0.784. The lowest BCUT2D eigenvalue weighted by Gasteiger charge is -2.26. The van der Waals surface area contributed by atoms with Gasteiger partial charge in [0.1, 0.15) is 9.84 Å². The molecule has 0 spiro atoms. The van der Waals surface area contributed by atoms with Crippen molar-refractivity contribution in [3.05, 3.63) is 0 Å². The molecule has 0 aliphatic heterocycles. The normalized spacial score (nSPS) is 27.2. The first-order valence-corrected chi connectivity index (χ1v) is 8.70. The van der Waals surface area contributed by atoms with Crippen molar-refractivity contribution in [1.29, 1.82) is 0 Å². The number of sulfone groups is 1. The van der Waals surface area contributed by atoms with Crippen molar-refractivity contribution in [2.45, 2.75) is 52.0 Å². The van der Waals surface area contributed by atoms with E-state index in [2.05, 4.69) is 12.2 Å². The molecule has 1 aliphatic carbocycles. The molecule has 1 fully saturated rings. The van der Waals surface area contributed by atoms with Crippen molar-refractivity contribution >= 4 is 9.84 Å². The molecule has 0 bridgehead atoms. The van der Waals surface area contributed by atoms with Crippen LogP contribution >= 0.6 is 0 Å². The zero-order chi connectivity index (χ0) is 12.9. The van der Waals surface area contributed by atoms with Crippen LogP contribution in [-0.4, -0.2) is 33.0 Å². The Labute approximate surface area is 106 Å². The molecule has 17 heavy (non-hydrogen) atoms. The quantitative estimate of drug-likeness (QED) is 0.764. The molecule has 1 rings (SSSR count). The van der Waals surface area contributed by atoms with Crippen molar-refractivity contribution in [3.8, 4) is 0 Å². The smallest absolute Gasteiger partial charge is 0.150 e. The van der Waals surface area contributed by atoms with Crippen LogP contribution in [0.3, 0.4) is 0 Å². The number of hydrogen-bond donors (Lipinski definition) is 1. The molecule has 1 saturated carbocycles. The second kappa shape index (κ2) is 6.74. The summed E-state index contributed by atoms with van der Waals surface area (Å²) in [4.78, 5) is 0. The first-order chi connectivity index (χ1) is 8.00. The third-order valence-corrected chi connectivity index (χ3v) is 6.02. The molecule has 0 aromatic carbocycles. The molecule has 4 heteroatoms. The van der Waals surface area contributed by atoms with Gasteiger partial charge in [-0.1, -0.05) is 26.7 Å². The van der Waals surface area contributed by atoms with Crippen molar-refractivity contribution in [1.82, 2.24) is 5.32 Å². The second-order valence-electron chi connectivity index (χ2n) is 5.35. The van der Waals surface area contributed by atoms with Gasteiger partial charge < -0.3 is 5.32 Å². The first kappa shape index (κ1) is 15.0. The lowest BCUT2D eigenvalue weighted by atomic mass is 9.88. The Morgan fingerprint density at radius 1 is 1.35 bits per heavy atom. The van der Waals surface area contributed by atoms with E-state index in [0.29, 0.717) is 11.8 Å². The van der Waals surface area contributed by atoms with Gasteiger partial charge in [0.15, 0.2) is 0 Å². The first-order valence-electron chi connectivity index (χ1n) is 6.88. The molecule has 102 valence electrons. The van der Waals surface area contributed by atoms with E-state index < -0.39 is 9.84 Å². The van der Waals surface area contributed by atoms with E-state index in [1.54, 1.807) is 6.92 Å². The maximum Gasteiger partial charge on any atom is 0.150 e. The lowest BCUT2D eigenvalue weighted by molar-refractivity contribution is 0.295. The van der Waals surface area contributed by atoms with Gasteiger partial charge in [-0.3, -0.25) is 0 Å². The highest BCUT2D eigenvalue weighted by Crippen LogP contribution is 2.34. The van der Waals surface area contributed by atoms with Crippen LogP contribution in [0, 0.1) is 11.8 Å². The van der Waals surface area contributed by atoms with Crippen LogP contribution in [0.2, 0.25) is 0 Å². The van der Waals surface area contributed by atoms with Gasteiger partial charge in [-0.2, -0.15) is 0 Å². The minimum absolute atomic E-state index is 0.275. The van der Waals surface area contributed by atoms with Crippen LogP contribution in [0.5, 0.6) is 0 Å². The predicted octanol–water partition coefficient (Wildman–Crippen LogP) is 2.23. The summed E-state index contributed by atoms with van der Waals surface area (Å²) in [6.45, 7) is 4.05. The molecule has 3 unspecified atom stereocenters. The van der Waals surface area contributed by atoms with Crippen LogP contribution in [0.25, 0.3) is 0 Å². The van der Waals surface area contributed by atoms with Gasteiger partial charge in [0.2, 0.25) is 0 Å². The maximum atomic E-state index is 11.4. The van der Waals surface area contributed by atoms with Crippen LogP contribution in [-0.2, 0) is 9.84 Å². The van der Waals surface area contributed by atoms with Crippen LogP contribution in [0.4, 0.5) is 0 Å². The summed E-state index contributed by atoms with van der Waals surface area (Å²) in [5.74, 6) is 2.15. The summed E-state index contributed by atoms with van der Waals surface area (Å²) in [5, 5.41) is 3.38. The lowest BCUT2D eigenvalue weighted by Crippen LogP contribution is -2.35. The van der Waals surface area contributed by atoms with Crippen molar-refractivity contribution < 1.29 is 8.42 Å². The Hall–Kier alpha value is -0.0900. The molecule has 1 N–H and O–H groups in total. The monoisotopic (exact) mass is 261 g/mol. The van der Waals surface area contributed by atoms with Crippen molar-refractivity contribution in [3.63, 3.8) is 0 Å². The van der Waals surface area contributed by atoms with Crippen molar-refractivity contribution in [2.75, 3.05) is 18.6 Å². The Kier molecular flexibility index (Phi) is 5.93. The van der Waals surface area contributed by atoms with Gasteiger partial charge in [0.05, 0.1) is 5.75 Å². The number of rotatable bonds is 7. The average Bonchev–Trinajstić information content (AvgIpc) is 2.71. The van der Waals surface area contributed by atoms with Gasteiger partial charge >= 0.3 is 0 Å². The summed E-state index contributed by atoms with van der Waals surface area (Å²) in [5.41, 5.74) is 0. The Morgan fingerprint density at radius 2 is 2.06 bits per heavy atom. The van der Waals surface area contributed by atoms with E-state index in [4.69, 9.17) is 0 Å². The van der Waals surface area contributed by atoms with Gasteiger partial charge in [-0.25, -0.2) is 8.42 Å². The number of hydrogen-bond acceptors (Lipinski definition) is 3. The van der Waals surface area contributed by atoms with E-state index >= 15 is 0 Å². The molecule has 0 aromatic rings. The van der Waals surface area contributed by atoms with Crippen LogP contribution in [0.1, 0.15) is 46.0 Å². The van der Waals surface area contributed by atoms with Crippen LogP contribution in [0.15, 0.2) is 0 Å². The molecule has 3 nitrogen and oxygen atoms in total. The molecule has 0 amide bonds. The Morgan fingerprint density at radius 3 is 2.53 bits per heavy atom. The third kappa shape index (κ3) is 4.59. The fraction of sp³-hybridized carbons (Fsp3) is 1.00. The summed E-state index contributed by atoms with van der Waals surface area (Å²) in [6, 6.07) is 0.500. The molecule has 1 aliphatic rings. The second-order valence-corrected chi connectivity index (χ2v) is 7.82. The van der Waals surface area contributed by atoms with E-state index in [9.17, 15) is 8.42 Å². The van der Waals surface area contributed by atoms with Gasteiger partial charge in [0.25, 0.3) is 0 Å². The fourth-order valence-corrected chi connectivity index (χ4v) is 3.91. The zero-order valence-electron chi connectivity index (χ0n) is 11.4. The average molecular weight is 261 g/mol. The highest BCUT2D eigenvalue weighted by Gasteiger charge is 2.29. The van der Waals surface area contributed by atoms with E-state index in [0.717, 1.165) is 24.7 Å².